The smallest absolute Gasteiger partial charge is 0.241 e. The van der Waals surface area contributed by atoms with Gasteiger partial charge < -0.3 is 4.74 Å². The van der Waals surface area contributed by atoms with E-state index in [0.29, 0.717) is 15.4 Å². The van der Waals surface area contributed by atoms with Crippen molar-refractivity contribution in [1.29, 1.82) is 0 Å². The summed E-state index contributed by atoms with van der Waals surface area (Å²) in [4.78, 5) is 8.33. The van der Waals surface area contributed by atoms with Crippen molar-refractivity contribution in [2.75, 3.05) is 5.43 Å². The minimum Gasteiger partial charge on any atom is -0.435 e. The number of aromatic nitrogens is 2. The molecule has 0 unspecified atom stereocenters. The molecule has 5 nitrogen and oxygen atoms in total. The number of halogens is 2. The number of nitrogens with zero attached hydrogens (tertiary/aromatic N) is 2. The summed E-state index contributed by atoms with van der Waals surface area (Å²) in [5.41, 5.74) is 3.01. The fraction of sp³-hybridized carbons (Fsp3) is 0. The van der Waals surface area contributed by atoms with E-state index in [2.05, 4.69) is 31.3 Å². The Morgan fingerprint density at radius 3 is 2.71 bits per heavy atom. The molecule has 3 rings (SSSR count). The summed E-state index contributed by atoms with van der Waals surface area (Å²) in [6.45, 7) is 0. The average molecular weight is 349 g/mol. The molecule has 1 heterocycles. The Morgan fingerprint density at radius 2 is 1.95 bits per heavy atom. The van der Waals surface area contributed by atoms with Gasteiger partial charge in [0.05, 0.1) is 10.9 Å². The minimum absolute atomic E-state index is 0.0741. The van der Waals surface area contributed by atoms with Crippen molar-refractivity contribution in [3.8, 4) is 11.6 Å². The molecule has 0 bridgehead atoms. The van der Waals surface area contributed by atoms with Crippen LogP contribution >= 0.6 is 15.9 Å². The summed E-state index contributed by atoms with van der Waals surface area (Å²) in [6.07, 6.45) is 0. The molecule has 21 heavy (non-hydrogen) atoms. The monoisotopic (exact) mass is 348 g/mol. The Hall–Kier alpha value is -2.25. The Balaban J connectivity index is 2.10. The van der Waals surface area contributed by atoms with Gasteiger partial charge in [-0.25, -0.2) is 15.2 Å². The second-order valence-corrected chi connectivity index (χ2v) is 5.11. The highest BCUT2D eigenvalue weighted by Crippen LogP contribution is 2.30. The first-order chi connectivity index (χ1) is 10.2. The van der Waals surface area contributed by atoms with Gasteiger partial charge in [0.2, 0.25) is 11.8 Å². The van der Waals surface area contributed by atoms with E-state index in [1.54, 1.807) is 18.2 Å². The predicted octanol–water partition coefficient (Wildman–Crippen LogP) is 3.61. The molecular weight excluding hydrogens is 339 g/mol. The molecule has 0 atom stereocenters. The zero-order valence-corrected chi connectivity index (χ0v) is 12.3. The molecule has 0 spiro atoms. The van der Waals surface area contributed by atoms with Gasteiger partial charge in [0, 0.05) is 4.47 Å². The Morgan fingerprint density at radius 1 is 1.14 bits per heavy atom. The van der Waals surface area contributed by atoms with Crippen molar-refractivity contribution in [3.05, 3.63) is 52.8 Å². The minimum atomic E-state index is -0.491. The normalized spacial score (nSPS) is 10.6. The average Bonchev–Trinajstić information content (AvgIpc) is 2.49. The number of hydrogen-bond acceptors (Lipinski definition) is 5. The third-order valence-corrected chi connectivity index (χ3v) is 3.29. The lowest BCUT2D eigenvalue weighted by molar-refractivity contribution is 0.432. The van der Waals surface area contributed by atoms with Gasteiger partial charge in [-0.05, 0) is 30.3 Å². The van der Waals surface area contributed by atoms with E-state index in [0.717, 1.165) is 0 Å². The Labute approximate surface area is 128 Å². The van der Waals surface area contributed by atoms with Gasteiger partial charge in [-0.15, -0.1) is 0 Å². The van der Waals surface area contributed by atoms with E-state index in [4.69, 9.17) is 10.6 Å². The fourth-order valence-corrected chi connectivity index (χ4v) is 2.19. The highest BCUT2D eigenvalue weighted by atomic mass is 79.9. The van der Waals surface area contributed by atoms with Crippen LogP contribution in [-0.4, -0.2) is 9.97 Å². The molecule has 0 aliphatic carbocycles. The van der Waals surface area contributed by atoms with Crippen LogP contribution in [0.4, 0.5) is 10.3 Å². The van der Waals surface area contributed by atoms with Crippen LogP contribution in [0.5, 0.6) is 11.6 Å². The number of hydrogen-bond donors (Lipinski definition) is 2. The number of rotatable bonds is 3. The van der Waals surface area contributed by atoms with Gasteiger partial charge in [0.25, 0.3) is 0 Å². The summed E-state index contributed by atoms with van der Waals surface area (Å²) >= 11 is 3.20. The van der Waals surface area contributed by atoms with E-state index in [9.17, 15) is 4.39 Å². The van der Waals surface area contributed by atoms with E-state index in [1.807, 2.05) is 12.1 Å². The second-order valence-electron chi connectivity index (χ2n) is 4.19. The maximum Gasteiger partial charge on any atom is 0.241 e. The number of anilines is 1. The number of nitrogens with one attached hydrogen (secondary N) is 1. The standard InChI is InChI=1S/C14H10BrFN4O/c15-8-5-6-12(10(16)7-8)21-13-9-3-1-2-4-11(9)18-14(19-13)20-17/h1-7H,17H2,(H,18,19,20). The lowest BCUT2D eigenvalue weighted by atomic mass is 10.2. The molecule has 0 aliphatic heterocycles. The van der Waals surface area contributed by atoms with Crippen LogP contribution in [0.25, 0.3) is 10.9 Å². The van der Waals surface area contributed by atoms with E-state index < -0.39 is 5.82 Å². The number of benzene rings is 2. The second kappa shape index (κ2) is 5.63. The lowest BCUT2D eigenvalue weighted by Gasteiger charge is -2.10. The number of nitrogen functional groups attached to an aromatic ring is 1. The summed E-state index contributed by atoms with van der Waals surface area (Å²) in [5, 5.41) is 0.666. The van der Waals surface area contributed by atoms with Gasteiger partial charge >= 0.3 is 0 Å². The van der Waals surface area contributed by atoms with Crippen molar-refractivity contribution in [1.82, 2.24) is 9.97 Å². The van der Waals surface area contributed by atoms with Crippen LogP contribution in [0.2, 0.25) is 0 Å². The maximum atomic E-state index is 13.9. The third kappa shape index (κ3) is 2.79. The van der Waals surface area contributed by atoms with E-state index >= 15 is 0 Å². The number of para-hydroxylation sites is 1. The maximum absolute atomic E-state index is 13.9. The van der Waals surface area contributed by atoms with E-state index in [1.165, 1.54) is 12.1 Å². The molecule has 0 saturated heterocycles. The highest BCUT2D eigenvalue weighted by molar-refractivity contribution is 9.10. The van der Waals surface area contributed by atoms with Crippen LogP contribution in [0.15, 0.2) is 46.9 Å². The Kier molecular flexibility index (Phi) is 3.68. The van der Waals surface area contributed by atoms with Gasteiger partial charge in [0.1, 0.15) is 0 Å². The number of hydrazine groups is 1. The van der Waals surface area contributed by atoms with Crippen LogP contribution in [-0.2, 0) is 0 Å². The molecule has 0 radical (unpaired) electrons. The molecule has 106 valence electrons. The molecular formula is C14H10BrFN4O. The molecule has 0 fully saturated rings. The molecule has 2 aromatic carbocycles. The van der Waals surface area contributed by atoms with Crippen molar-refractivity contribution in [3.63, 3.8) is 0 Å². The van der Waals surface area contributed by atoms with Crippen molar-refractivity contribution in [2.45, 2.75) is 0 Å². The van der Waals surface area contributed by atoms with Crippen LogP contribution in [0.3, 0.4) is 0 Å². The first-order valence-corrected chi connectivity index (χ1v) is 6.83. The zero-order valence-electron chi connectivity index (χ0n) is 10.7. The van der Waals surface area contributed by atoms with Crippen molar-refractivity contribution in [2.24, 2.45) is 5.84 Å². The summed E-state index contributed by atoms with van der Waals surface area (Å²) < 4.78 is 20.1. The number of fused-ring (bicyclic) bond motifs is 1. The molecule has 7 heteroatoms. The molecule has 1 aromatic heterocycles. The summed E-state index contributed by atoms with van der Waals surface area (Å²) in [5.74, 6) is 5.35. The molecule has 3 N–H and O–H groups in total. The van der Waals surface area contributed by atoms with Gasteiger partial charge in [-0.1, -0.05) is 28.1 Å². The van der Waals surface area contributed by atoms with Crippen LogP contribution < -0.4 is 16.0 Å². The zero-order chi connectivity index (χ0) is 14.8. The largest absolute Gasteiger partial charge is 0.435 e. The van der Waals surface area contributed by atoms with Crippen LogP contribution in [0.1, 0.15) is 0 Å². The SMILES string of the molecule is NNc1nc(Oc2ccc(Br)cc2F)c2ccccc2n1. The molecule has 3 aromatic rings. The first-order valence-electron chi connectivity index (χ1n) is 6.03. The third-order valence-electron chi connectivity index (χ3n) is 2.80. The Bertz CT molecular complexity index is 812. The fourth-order valence-electron chi connectivity index (χ4n) is 1.85. The van der Waals surface area contributed by atoms with Crippen molar-refractivity contribution < 1.29 is 9.13 Å². The predicted molar refractivity (Wildman–Crippen MR) is 81.5 cm³/mol. The first kappa shape index (κ1) is 13.7. The highest BCUT2D eigenvalue weighted by Gasteiger charge is 2.12. The summed E-state index contributed by atoms with van der Waals surface area (Å²) in [6, 6.07) is 11.8. The molecule has 0 saturated carbocycles. The van der Waals surface area contributed by atoms with Gasteiger partial charge in [0.15, 0.2) is 11.6 Å². The molecule has 0 amide bonds. The quantitative estimate of drug-likeness (QED) is 0.558. The summed E-state index contributed by atoms with van der Waals surface area (Å²) in [7, 11) is 0. The number of nitrogens with two attached hydrogens (primary N) is 1. The van der Waals surface area contributed by atoms with Crippen LogP contribution in [0, 0.1) is 5.82 Å². The van der Waals surface area contributed by atoms with Gasteiger partial charge in [-0.2, -0.15) is 4.98 Å². The lowest BCUT2D eigenvalue weighted by Crippen LogP contribution is -2.11. The molecule has 0 aliphatic rings. The topological polar surface area (TPSA) is 73.1 Å². The van der Waals surface area contributed by atoms with Gasteiger partial charge in [-0.3, -0.25) is 5.43 Å². The van der Waals surface area contributed by atoms with Crippen molar-refractivity contribution >= 4 is 32.8 Å². The van der Waals surface area contributed by atoms with E-state index in [-0.39, 0.29) is 17.6 Å². The number of ether oxygens (including phenoxy) is 1.